The third kappa shape index (κ3) is 4.91. The van der Waals surface area contributed by atoms with Gasteiger partial charge in [-0.15, -0.1) is 0 Å². The summed E-state index contributed by atoms with van der Waals surface area (Å²) in [6, 6.07) is 8.07. The highest BCUT2D eigenvalue weighted by Crippen LogP contribution is 2.28. The van der Waals surface area contributed by atoms with E-state index >= 15 is 0 Å². The van der Waals surface area contributed by atoms with E-state index in [0.29, 0.717) is 18.1 Å². The Labute approximate surface area is 166 Å². The maximum Gasteiger partial charge on any atom is 0.254 e. The first-order valence-electron chi connectivity index (χ1n) is 9.96. The summed E-state index contributed by atoms with van der Waals surface area (Å²) < 4.78 is 5.47. The molecular formula is C21H29N5O2. The van der Waals surface area contributed by atoms with E-state index in [2.05, 4.69) is 38.1 Å². The maximum atomic E-state index is 12.1. The van der Waals surface area contributed by atoms with E-state index in [0.717, 1.165) is 56.9 Å². The number of methoxy groups -OCH3 is 1. The van der Waals surface area contributed by atoms with Crippen LogP contribution in [-0.4, -0.2) is 55.7 Å². The van der Waals surface area contributed by atoms with Crippen LogP contribution in [0.1, 0.15) is 36.5 Å². The van der Waals surface area contributed by atoms with Gasteiger partial charge in [-0.05, 0) is 18.6 Å². The van der Waals surface area contributed by atoms with Crippen LogP contribution < -0.4 is 19.9 Å². The van der Waals surface area contributed by atoms with Gasteiger partial charge in [0.05, 0.1) is 18.4 Å². The number of aromatic nitrogens is 2. The van der Waals surface area contributed by atoms with Gasteiger partial charge in [0.2, 0.25) is 5.95 Å². The molecule has 0 radical (unpaired) electrons. The largest absolute Gasteiger partial charge is 0.495 e. The molecule has 1 N–H and O–H groups in total. The molecule has 1 aromatic heterocycles. The molecule has 0 unspecified atom stereocenters. The Hall–Kier alpha value is -2.83. The molecule has 0 spiro atoms. The number of rotatable bonds is 8. The standard InChI is InChI=1S/C21H29N5O2/c1-3-4-7-10-22-20(27)17-15-23-21(24-16-17)26-13-11-25(12-14-26)18-8-5-6-9-19(18)28-2/h5-6,8-9,15-16H,3-4,7,10-14H2,1-2H3,(H,22,27). The fraction of sp³-hybridized carbons (Fsp3) is 0.476. The van der Waals surface area contributed by atoms with Gasteiger partial charge in [-0.3, -0.25) is 4.79 Å². The molecule has 1 amide bonds. The van der Waals surface area contributed by atoms with E-state index in [-0.39, 0.29) is 5.91 Å². The molecule has 2 aromatic rings. The van der Waals surface area contributed by atoms with Crippen molar-refractivity contribution in [3.8, 4) is 5.75 Å². The number of carbonyl (C=O) groups excluding carboxylic acids is 1. The second kappa shape index (κ2) is 9.92. The van der Waals surface area contributed by atoms with Crippen molar-refractivity contribution in [3.05, 3.63) is 42.2 Å². The quantitative estimate of drug-likeness (QED) is 0.707. The number of hydrogen-bond donors (Lipinski definition) is 1. The lowest BCUT2D eigenvalue weighted by molar-refractivity contribution is 0.0952. The summed E-state index contributed by atoms with van der Waals surface area (Å²) in [6.07, 6.45) is 6.49. The van der Waals surface area contributed by atoms with Crippen LogP contribution in [0.2, 0.25) is 0 Å². The van der Waals surface area contributed by atoms with Gasteiger partial charge in [0.15, 0.2) is 0 Å². The third-order valence-electron chi connectivity index (χ3n) is 4.95. The molecule has 1 aliphatic heterocycles. The van der Waals surface area contributed by atoms with Crippen molar-refractivity contribution in [1.82, 2.24) is 15.3 Å². The average molecular weight is 383 g/mol. The van der Waals surface area contributed by atoms with Crippen molar-refractivity contribution in [2.45, 2.75) is 26.2 Å². The van der Waals surface area contributed by atoms with Crippen LogP contribution in [0.3, 0.4) is 0 Å². The Kier molecular flexibility index (Phi) is 7.06. The molecule has 0 bridgehead atoms. The predicted molar refractivity (Wildman–Crippen MR) is 111 cm³/mol. The summed E-state index contributed by atoms with van der Waals surface area (Å²) in [7, 11) is 1.70. The molecule has 28 heavy (non-hydrogen) atoms. The second-order valence-corrected chi connectivity index (χ2v) is 6.88. The van der Waals surface area contributed by atoms with Gasteiger partial charge in [-0.25, -0.2) is 9.97 Å². The molecule has 1 aromatic carbocycles. The predicted octanol–water partition coefficient (Wildman–Crippen LogP) is 2.73. The number of benzene rings is 1. The number of piperazine rings is 1. The monoisotopic (exact) mass is 383 g/mol. The van der Waals surface area contributed by atoms with Crippen molar-refractivity contribution in [2.75, 3.05) is 49.6 Å². The van der Waals surface area contributed by atoms with Crippen LogP contribution in [0.4, 0.5) is 11.6 Å². The van der Waals surface area contributed by atoms with Crippen molar-refractivity contribution in [3.63, 3.8) is 0 Å². The van der Waals surface area contributed by atoms with Crippen LogP contribution in [0.15, 0.2) is 36.7 Å². The molecule has 3 rings (SSSR count). The maximum absolute atomic E-state index is 12.1. The summed E-state index contributed by atoms with van der Waals surface area (Å²) in [6.45, 7) is 6.21. The van der Waals surface area contributed by atoms with Crippen LogP contribution in [0.25, 0.3) is 0 Å². The van der Waals surface area contributed by atoms with Gasteiger partial charge in [0, 0.05) is 45.1 Å². The smallest absolute Gasteiger partial charge is 0.254 e. The number of unbranched alkanes of at least 4 members (excludes halogenated alkanes) is 2. The molecule has 0 aliphatic carbocycles. The summed E-state index contributed by atoms with van der Waals surface area (Å²) in [5, 5.41) is 2.92. The Bertz CT molecular complexity index is 758. The Balaban J connectivity index is 1.54. The third-order valence-corrected chi connectivity index (χ3v) is 4.95. The van der Waals surface area contributed by atoms with Gasteiger partial charge >= 0.3 is 0 Å². The number of nitrogens with one attached hydrogen (secondary N) is 1. The number of nitrogens with zero attached hydrogens (tertiary/aromatic N) is 4. The first kappa shape index (κ1) is 19.9. The molecule has 1 fully saturated rings. The zero-order chi connectivity index (χ0) is 19.8. The molecule has 1 aliphatic rings. The van der Waals surface area contributed by atoms with Gasteiger partial charge in [-0.1, -0.05) is 31.9 Å². The number of anilines is 2. The van der Waals surface area contributed by atoms with E-state index < -0.39 is 0 Å². The lowest BCUT2D eigenvalue weighted by Crippen LogP contribution is -2.47. The minimum atomic E-state index is -0.108. The van der Waals surface area contributed by atoms with Crippen LogP contribution in [-0.2, 0) is 0 Å². The minimum Gasteiger partial charge on any atom is -0.495 e. The van der Waals surface area contributed by atoms with Crippen LogP contribution >= 0.6 is 0 Å². The number of hydrogen-bond acceptors (Lipinski definition) is 6. The lowest BCUT2D eigenvalue weighted by atomic mass is 10.2. The number of carbonyl (C=O) groups is 1. The molecule has 7 heteroatoms. The molecule has 150 valence electrons. The SMILES string of the molecule is CCCCCNC(=O)c1cnc(N2CCN(c3ccccc3OC)CC2)nc1. The van der Waals surface area contributed by atoms with E-state index in [1.807, 2.05) is 18.2 Å². The first-order chi connectivity index (χ1) is 13.7. The molecular weight excluding hydrogens is 354 g/mol. The molecule has 0 atom stereocenters. The Morgan fingerprint density at radius 2 is 1.75 bits per heavy atom. The topological polar surface area (TPSA) is 70.6 Å². The molecule has 2 heterocycles. The summed E-state index contributed by atoms with van der Waals surface area (Å²) >= 11 is 0. The van der Waals surface area contributed by atoms with E-state index in [9.17, 15) is 4.79 Å². The zero-order valence-corrected chi connectivity index (χ0v) is 16.7. The highest BCUT2D eigenvalue weighted by Gasteiger charge is 2.21. The van der Waals surface area contributed by atoms with E-state index in [4.69, 9.17) is 4.74 Å². The minimum absolute atomic E-state index is 0.108. The summed E-state index contributed by atoms with van der Waals surface area (Å²) in [5.41, 5.74) is 1.62. The number of para-hydroxylation sites is 2. The summed E-state index contributed by atoms with van der Waals surface area (Å²) in [5.74, 6) is 1.45. The normalized spacial score (nSPS) is 14.1. The number of ether oxygens (including phenoxy) is 1. The fourth-order valence-electron chi connectivity index (χ4n) is 3.32. The summed E-state index contributed by atoms with van der Waals surface area (Å²) in [4.78, 5) is 25.4. The van der Waals surface area contributed by atoms with Crippen molar-refractivity contribution in [2.24, 2.45) is 0 Å². The Morgan fingerprint density at radius 1 is 1.07 bits per heavy atom. The highest BCUT2D eigenvalue weighted by atomic mass is 16.5. The van der Waals surface area contributed by atoms with Crippen molar-refractivity contribution in [1.29, 1.82) is 0 Å². The van der Waals surface area contributed by atoms with Gasteiger partial charge in [-0.2, -0.15) is 0 Å². The fourth-order valence-corrected chi connectivity index (χ4v) is 3.32. The van der Waals surface area contributed by atoms with Crippen LogP contribution in [0.5, 0.6) is 5.75 Å². The first-order valence-corrected chi connectivity index (χ1v) is 9.96. The van der Waals surface area contributed by atoms with Gasteiger partial charge < -0.3 is 19.9 Å². The zero-order valence-electron chi connectivity index (χ0n) is 16.7. The lowest BCUT2D eigenvalue weighted by Gasteiger charge is -2.36. The van der Waals surface area contributed by atoms with Gasteiger partial charge in [0.25, 0.3) is 5.91 Å². The highest BCUT2D eigenvalue weighted by molar-refractivity contribution is 5.93. The van der Waals surface area contributed by atoms with Crippen LogP contribution in [0, 0.1) is 0 Å². The van der Waals surface area contributed by atoms with Crippen molar-refractivity contribution < 1.29 is 9.53 Å². The molecule has 0 saturated carbocycles. The Morgan fingerprint density at radius 3 is 2.43 bits per heavy atom. The van der Waals surface area contributed by atoms with Crippen molar-refractivity contribution >= 4 is 17.5 Å². The number of amides is 1. The molecule has 1 saturated heterocycles. The van der Waals surface area contributed by atoms with Gasteiger partial charge in [0.1, 0.15) is 5.75 Å². The molecule has 7 nitrogen and oxygen atoms in total. The van der Waals surface area contributed by atoms with E-state index in [1.165, 1.54) is 0 Å². The van der Waals surface area contributed by atoms with E-state index in [1.54, 1.807) is 19.5 Å². The average Bonchev–Trinajstić information content (AvgIpc) is 2.77. The second-order valence-electron chi connectivity index (χ2n) is 6.88.